The van der Waals surface area contributed by atoms with Crippen molar-refractivity contribution in [3.63, 3.8) is 0 Å². The van der Waals surface area contributed by atoms with E-state index in [4.69, 9.17) is 9.15 Å². The standard InChI is InChI=1S/C19H23N3O4/c1-12-6-7-15(9-16(12)18-20-13(2)11-26-18)21-17(23)14-5-4-8-22(10-14)19(24)25-3/h6-7,9,11,14H,4-5,8,10H2,1-3H3,(H,21,23)/t14-/m1/s1. The predicted octanol–water partition coefficient (Wildman–Crippen LogP) is 3.38. The molecule has 0 saturated carbocycles. The second-order valence-corrected chi connectivity index (χ2v) is 6.57. The molecule has 7 nitrogen and oxygen atoms in total. The molecule has 2 aromatic rings. The average Bonchev–Trinajstić information content (AvgIpc) is 3.08. The number of oxazole rings is 1. The molecule has 2 amide bonds. The van der Waals surface area contributed by atoms with Crippen molar-refractivity contribution in [3.8, 4) is 11.5 Å². The molecule has 0 radical (unpaired) electrons. The summed E-state index contributed by atoms with van der Waals surface area (Å²) >= 11 is 0. The number of hydrogen-bond acceptors (Lipinski definition) is 5. The lowest BCUT2D eigenvalue weighted by molar-refractivity contribution is -0.121. The van der Waals surface area contributed by atoms with Gasteiger partial charge >= 0.3 is 6.09 Å². The van der Waals surface area contributed by atoms with Crippen LogP contribution in [0.2, 0.25) is 0 Å². The Labute approximate surface area is 152 Å². The van der Waals surface area contributed by atoms with Crippen LogP contribution in [0, 0.1) is 19.8 Å². The second kappa shape index (κ2) is 7.59. The first-order valence-electron chi connectivity index (χ1n) is 8.65. The summed E-state index contributed by atoms with van der Waals surface area (Å²) in [6, 6.07) is 5.64. The van der Waals surface area contributed by atoms with Crippen LogP contribution >= 0.6 is 0 Å². The number of piperidine rings is 1. The Balaban J connectivity index is 1.72. The second-order valence-electron chi connectivity index (χ2n) is 6.57. The lowest BCUT2D eigenvalue weighted by atomic mass is 9.97. The summed E-state index contributed by atoms with van der Waals surface area (Å²) in [5.41, 5.74) is 3.34. The minimum atomic E-state index is -0.389. The van der Waals surface area contributed by atoms with Gasteiger partial charge in [-0.3, -0.25) is 4.79 Å². The average molecular weight is 357 g/mol. The fraction of sp³-hybridized carbons (Fsp3) is 0.421. The van der Waals surface area contributed by atoms with E-state index >= 15 is 0 Å². The number of carbonyl (C=O) groups excluding carboxylic acids is 2. The van der Waals surface area contributed by atoms with E-state index in [0.29, 0.717) is 24.7 Å². The maximum Gasteiger partial charge on any atom is 0.409 e. The van der Waals surface area contributed by atoms with Gasteiger partial charge in [0.05, 0.1) is 18.7 Å². The smallest absolute Gasteiger partial charge is 0.409 e. The molecule has 0 bridgehead atoms. The van der Waals surface area contributed by atoms with Gasteiger partial charge in [-0.05, 0) is 44.4 Å². The highest BCUT2D eigenvalue weighted by Crippen LogP contribution is 2.27. The third kappa shape index (κ3) is 3.87. The van der Waals surface area contributed by atoms with Gasteiger partial charge < -0.3 is 19.4 Å². The molecular weight excluding hydrogens is 334 g/mol. The molecule has 1 saturated heterocycles. The maximum atomic E-state index is 12.6. The van der Waals surface area contributed by atoms with Crippen molar-refractivity contribution in [1.29, 1.82) is 0 Å². The Morgan fingerprint density at radius 2 is 2.15 bits per heavy atom. The van der Waals surface area contributed by atoms with Gasteiger partial charge in [0, 0.05) is 24.3 Å². The van der Waals surface area contributed by atoms with Gasteiger partial charge in [-0.1, -0.05) is 6.07 Å². The molecule has 7 heteroatoms. The molecule has 26 heavy (non-hydrogen) atoms. The zero-order chi connectivity index (χ0) is 18.7. The Kier molecular flexibility index (Phi) is 5.25. The molecule has 1 aromatic carbocycles. The maximum absolute atomic E-state index is 12.6. The molecule has 1 aliphatic heterocycles. The molecule has 1 aliphatic rings. The van der Waals surface area contributed by atoms with Crippen LogP contribution in [0.3, 0.4) is 0 Å². The number of nitrogens with one attached hydrogen (secondary N) is 1. The van der Waals surface area contributed by atoms with E-state index in [9.17, 15) is 9.59 Å². The van der Waals surface area contributed by atoms with Crippen molar-refractivity contribution in [1.82, 2.24) is 9.88 Å². The van der Waals surface area contributed by atoms with Crippen molar-refractivity contribution < 1.29 is 18.7 Å². The van der Waals surface area contributed by atoms with Crippen molar-refractivity contribution in [2.24, 2.45) is 5.92 Å². The highest BCUT2D eigenvalue weighted by atomic mass is 16.5. The number of ether oxygens (including phenoxy) is 1. The van der Waals surface area contributed by atoms with Crippen LogP contribution in [-0.2, 0) is 9.53 Å². The topological polar surface area (TPSA) is 84.7 Å². The van der Waals surface area contributed by atoms with Crippen LogP contribution in [-0.4, -0.2) is 42.1 Å². The fourth-order valence-corrected chi connectivity index (χ4v) is 3.14. The van der Waals surface area contributed by atoms with Gasteiger partial charge in [0.1, 0.15) is 6.26 Å². The number of nitrogens with zero attached hydrogens (tertiary/aromatic N) is 2. The SMILES string of the molecule is COC(=O)N1CCC[C@@H](C(=O)Nc2ccc(C)c(-c3nc(C)co3)c2)C1. The van der Waals surface area contributed by atoms with Crippen molar-refractivity contribution in [2.45, 2.75) is 26.7 Å². The highest BCUT2D eigenvalue weighted by Gasteiger charge is 2.29. The first-order chi connectivity index (χ1) is 12.5. The summed E-state index contributed by atoms with van der Waals surface area (Å²) in [4.78, 5) is 30.2. The van der Waals surface area contributed by atoms with E-state index in [1.807, 2.05) is 32.0 Å². The first kappa shape index (κ1) is 18.0. The minimum absolute atomic E-state index is 0.100. The predicted molar refractivity (Wildman–Crippen MR) is 96.7 cm³/mol. The molecule has 138 valence electrons. The van der Waals surface area contributed by atoms with Crippen LogP contribution in [0.15, 0.2) is 28.9 Å². The number of rotatable bonds is 3. The molecule has 0 aliphatic carbocycles. The van der Waals surface area contributed by atoms with E-state index < -0.39 is 0 Å². The fourth-order valence-electron chi connectivity index (χ4n) is 3.14. The van der Waals surface area contributed by atoms with Gasteiger partial charge in [-0.15, -0.1) is 0 Å². The number of likely N-dealkylation sites (tertiary alicyclic amines) is 1. The van der Waals surface area contributed by atoms with Crippen LogP contribution in [0.5, 0.6) is 0 Å². The molecule has 1 N–H and O–H groups in total. The Hall–Kier alpha value is -2.83. The Morgan fingerprint density at radius 1 is 1.35 bits per heavy atom. The number of aromatic nitrogens is 1. The van der Waals surface area contributed by atoms with Crippen LogP contribution < -0.4 is 5.32 Å². The molecule has 0 spiro atoms. The van der Waals surface area contributed by atoms with Crippen molar-refractivity contribution in [3.05, 3.63) is 35.7 Å². The summed E-state index contributed by atoms with van der Waals surface area (Å²) in [5.74, 6) is 0.180. The van der Waals surface area contributed by atoms with E-state index in [-0.39, 0.29) is 17.9 Å². The largest absolute Gasteiger partial charge is 0.453 e. The van der Waals surface area contributed by atoms with Gasteiger partial charge in [-0.2, -0.15) is 0 Å². The zero-order valence-corrected chi connectivity index (χ0v) is 15.2. The van der Waals surface area contributed by atoms with Crippen LogP contribution in [0.1, 0.15) is 24.1 Å². The van der Waals surface area contributed by atoms with E-state index in [1.54, 1.807) is 11.2 Å². The number of hydrogen-bond donors (Lipinski definition) is 1. The molecule has 0 unspecified atom stereocenters. The van der Waals surface area contributed by atoms with E-state index in [2.05, 4.69) is 10.3 Å². The number of aryl methyl sites for hydroxylation is 2. The van der Waals surface area contributed by atoms with Crippen LogP contribution in [0.25, 0.3) is 11.5 Å². The van der Waals surface area contributed by atoms with Crippen molar-refractivity contribution >= 4 is 17.7 Å². The third-order valence-corrected chi connectivity index (χ3v) is 4.58. The molecular formula is C19H23N3O4. The molecule has 1 atom stereocenters. The number of methoxy groups -OCH3 is 1. The van der Waals surface area contributed by atoms with E-state index in [1.165, 1.54) is 7.11 Å². The summed E-state index contributed by atoms with van der Waals surface area (Å²) in [6.45, 7) is 4.82. The van der Waals surface area contributed by atoms with Gasteiger partial charge in [0.25, 0.3) is 0 Å². The molecule has 1 aromatic heterocycles. The summed E-state index contributed by atoms with van der Waals surface area (Å²) in [7, 11) is 1.35. The summed E-state index contributed by atoms with van der Waals surface area (Å²) in [5, 5.41) is 2.95. The lowest BCUT2D eigenvalue weighted by Crippen LogP contribution is -2.43. The van der Waals surface area contributed by atoms with Gasteiger partial charge in [0.15, 0.2) is 0 Å². The monoisotopic (exact) mass is 357 g/mol. The van der Waals surface area contributed by atoms with Crippen molar-refractivity contribution in [2.75, 3.05) is 25.5 Å². The lowest BCUT2D eigenvalue weighted by Gasteiger charge is -2.30. The number of carbonyl (C=O) groups is 2. The van der Waals surface area contributed by atoms with E-state index in [0.717, 1.165) is 29.7 Å². The third-order valence-electron chi connectivity index (χ3n) is 4.58. The highest BCUT2D eigenvalue weighted by molar-refractivity contribution is 5.93. The molecule has 2 heterocycles. The number of amides is 2. The molecule has 1 fully saturated rings. The Morgan fingerprint density at radius 3 is 2.85 bits per heavy atom. The summed E-state index contributed by atoms with van der Waals surface area (Å²) < 4.78 is 10.2. The molecule has 3 rings (SSSR count). The number of anilines is 1. The minimum Gasteiger partial charge on any atom is -0.453 e. The zero-order valence-electron chi connectivity index (χ0n) is 15.2. The normalized spacial score (nSPS) is 17.0. The van der Waals surface area contributed by atoms with Crippen LogP contribution in [0.4, 0.5) is 10.5 Å². The quantitative estimate of drug-likeness (QED) is 0.910. The first-order valence-corrected chi connectivity index (χ1v) is 8.65. The van der Waals surface area contributed by atoms with Gasteiger partial charge in [-0.25, -0.2) is 9.78 Å². The number of benzene rings is 1. The van der Waals surface area contributed by atoms with Gasteiger partial charge in [0.2, 0.25) is 11.8 Å². The Bertz CT molecular complexity index is 815. The summed E-state index contributed by atoms with van der Waals surface area (Å²) in [6.07, 6.45) is 2.74.